The molecule has 15 nitrogen and oxygen atoms in total. The van der Waals surface area contributed by atoms with Gasteiger partial charge in [0, 0.05) is 16.2 Å². The summed E-state index contributed by atoms with van der Waals surface area (Å²) in [5.74, 6) is 0.270. The first-order chi connectivity index (χ1) is 34.5. The molecule has 0 heterocycles. The molecule has 6 aromatic rings. The van der Waals surface area contributed by atoms with E-state index in [1.165, 1.54) is 33.5 Å². The molecule has 0 radical (unpaired) electrons. The van der Waals surface area contributed by atoms with E-state index in [2.05, 4.69) is 41.5 Å². The normalized spacial score (nSPS) is 10.9. The quantitative estimate of drug-likeness (QED) is 0.0616. The van der Waals surface area contributed by atoms with E-state index in [-0.39, 0.29) is 34.0 Å². The molecule has 0 spiro atoms. The minimum Gasteiger partial charge on any atom is -0.497 e. The molecular weight excluding hydrogens is 937 g/mol. The molecule has 0 aliphatic carbocycles. The van der Waals surface area contributed by atoms with Crippen molar-refractivity contribution < 1.29 is 71.7 Å². The fourth-order valence-electron chi connectivity index (χ4n) is 7.58. The van der Waals surface area contributed by atoms with Crippen LogP contribution in [0.1, 0.15) is 112 Å². The number of methoxy groups -OCH3 is 7. The van der Waals surface area contributed by atoms with Gasteiger partial charge in [-0.15, -0.1) is 0 Å². The number of rotatable bonds is 14. The van der Waals surface area contributed by atoms with Gasteiger partial charge in [-0.3, -0.25) is 0 Å². The Hall–Kier alpha value is -8.33. The van der Waals surface area contributed by atoms with Crippen LogP contribution in [0.5, 0.6) is 28.7 Å². The zero-order valence-corrected chi connectivity index (χ0v) is 43.8. The Kier molecular flexibility index (Phi) is 19.7. The van der Waals surface area contributed by atoms with E-state index in [9.17, 15) is 29.1 Å². The molecule has 0 aliphatic rings. The third-order valence-corrected chi connectivity index (χ3v) is 12.6. The second-order valence-electron chi connectivity index (χ2n) is 17.9. The minimum absolute atomic E-state index is 0.0615. The van der Waals surface area contributed by atoms with Crippen LogP contribution in [0.4, 0.5) is 9.59 Å². The summed E-state index contributed by atoms with van der Waals surface area (Å²) in [6.07, 6.45) is -1.87. The van der Waals surface area contributed by atoms with E-state index in [4.69, 9.17) is 33.2 Å². The molecule has 1 N–H and O–H groups in total. The maximum atomic E-state index is 12.1. The van der Waals surface area contributed by atoms with Gasteiger partial charge in [-0.05, 0) is 113 Å². The molecule has 0 fully saturated rings. The Labute approximate surface area is 426 Å². The first kappa shape index (κ1) is 57.3. The van der Waals surface area contributed by atoms with Crippen molar-refractivity contribution in [3.63, 3.8) is 0 Å². The molecule has 0 saturated carbocycles. The summed E-state index contributed by atoms with van der Waals surface area (Å²) in [5.41, 5.74) is 6.39. The van der Waals surface area contributed by atoms with Crippen LogP contribution >= 0.6 is 0 Å². The van der Waals surface area contributed by atoms with E-state index in [1.54, 1.807) is 45.6 Å². The van der Waals surface area contributed by atoms with Gasteiger partial charge in [0.15, 0.2) is 0 Å². The highest BCUT2D eigenvalue weighted by Gasteiger charge is 2.29. The Bertz CT molecular complexity index is 2860. The predicted octanol–water partition coefficient (Wildman–Crippen LogP) is 11.9. The largest absolute Gasteiger partial charge is 0.513 e. The lowest BCUT2D eigenvalue weighted by Gasteiger charge is -2.27. The van der Waals surface area contributed by atoms with Crippen LogP contribution in [0.3, 0.4) is 0 Å². The monoisotopic (exact) mass is 1000 g/mol. The van der Waals surface area contributed by atoms with Crippen LogP contribution in [0.15, 0.2) is 127 Å². The average molecular weight is 1000 g/mol. The SMILES string of the molecule is COC(=O)Oc1ccc(C(C)(C)c2ccc(OC)cc2)cc1C(=O)O.COC(=O)Oc1ccc(C(C)(C)c2ccc(OC)cc2)cc1C(=O)OC.COC(=O)c1cc(C(C)(C)c2ccc(OC)cc2)ccc1C. The predicted molar refractivity (Wildman–Crippen MR) is 275 cm³/mol. The van der Waals surface area contributed by atoms with Crippen molar-refractivity contribution >= 4 is 30.2 Å². The highest BCUT2D eigenvalue weighted by Crippen LogP contribution is 2.38. The molecule has 6 aromatic carbocycles. The van der Waals surface area contributed by atoms with Crippen LogP contribution in [0, 0.1) is 6.92 Å². The summed E-state index contributed by atoms with van der Waals surface area (Å²) in [6, 6.07) is 38.9. The molecule has 0 aliphatic heterocycles. The van der Waals surface area contributed by atoms with Crippen molar-refractivity contribution in [1.82, 2.24) is 0 Å². The van der Waals surface area contributed by atoms with E-state index in [0.717, 1.165) is 63.3 Å². The van der Waals surface area contributed by atoms with Crippen molar-refractivity contribution in [2.24, 2.45) is 0 Å². The van der Waals surface area contributed by atoms with Crippen molar-refractivity contribution in [1.29, 1.82) is 0 Å². The van der Waals surface area contributed by atoms with Gasteiger partial charge in [0.1, 0.15) is 39.9 Å². The number of aryl methyl sites for hydroxylation is 1. The lowest BCUT2D eigenvalue weighted by Crippen LogP contribution is -2.20. The lowest BCUT2D eigenvalue weighted by atomic mass is 9.77. The number of carbonyl (C=O) groups excluding carboxylic acids is 4. The molecule has 0 amide bonds. The molecule has 0 aromatic heterocycles. The van der Waals surface area contributed by atoms with E-state index < -0.39 is 35.1 Å². The second kappa shape index (κ2) is 25.2. The Morgan fingerprint density at radius 1 is 0.370 bits per heavy atom. The summed E-state index contributed by atoms with van der Waals surface area (Å²) in [5, 5.41) is 9.43. The molecule has 0 saturated heterocycles. The van der Waals surface area contributed by atoms with Crippen molar-refractivity contribution in [3.8, 4) is 28.7 Å². The summed E-state index contributed by atoms with van der Waals surface area (Å²) in [6.45, 7) is 14.2. The Morgan fingerprint density at radius 3 is 0.973 bits per heavy atom. The maximum Gasteiger partial charge on any atom is 0.513 e. The highest BCUT2D eigenvalue weighted by molar-refractivity contribution is 5.94. The Balaban J connectivity index is 0.000000238. The van der Waals surface area contributed by atoms with Gasteiger partial charge in [0.05, 0.1) is 55.3 Å². The topological polar surface area (TPSA) is 189 Å². The molecule has 73 heavy (non-hydrogen) atoms. The van der Waals surface area contributed by atoms with Gasteiger partial charge < -0.3 is 47.7 Å². The van der Waals surface area contributed by atoms with Crippen molar-refractivity contribution in [3.05, 3.63) is 183 Å². The molecule has 0 atom stereocenters. The van der Waals surface area contributed by atoms with Gasteiger partial charge in [-0.2, -0.15) is 0 Å². The highest BCUT2D eigenvalue weighted by atomic mass is 16.7. The minimum atomic E-state index is -1.19. The number of aromatic carboxylic acids is 1. The van der Waals surface area contributed by atoms with Crippen LogP contribution in [-0.2, 0) is 35.2 Å². The molecule has 386 valence electrons. The zero-order valence-electron chi connectivity index (χ0n) is 43.8. The van der Waals surface area contributed by atoms with Gasteiger partial charge in [0.2, 0.25) is 0 Å². The first-order valence-corrected chi connectivity index (χ1v) is 22.8. The van der Waals surface area contributed by atoms with Crippen molar-refractivity contribution in [2.45, 2.75) is 64.7 Å². The van der Waals surface area contributed by atoms with E-state index in [1.807, 2.05) is 107 Å². The number of carbonyl (C=O) groups is 5. The smallest absolute Gasteiger partial charge is 0.497 e. The van der Waals surface area contributed by atoms with Crippen molar-refractivity contribution in [2.75, 3.05) is 49.8 Å². The van der Waals surface area contributed by atoms with E-state index >= 15 is 0 Å². The maximum absolute atomic E-state index is 12.1. The second-order valence-corrected chi connectivity index (χ2v) is 17.9. The van der Waals surface area contributed by atoms with Gasteiger partial charge >= 0.3 is 30.2 Å². The fourth-order valence-corrected chi connectivity index (χ4v) is 7.58. The third-order valence-electron chi connectivity index (χ3n) is 12.6. The van der Waals surface area contributed by atoms with Crippen LogP contribution in [0.25, 0.3) is 0 Å². The number of carboxylic acids is 1. The number of carboxylic acid groups (broad SMARTS) is 1. The van der Waals surface area contributed by atoms with Gasteiger partial charge in [-0.25, -0.2) is 24.0 Å². The standard InChI is InChI=1S/C20H22O6.C19H20O6.C19H22O3/c1-20(2,13-6-9-15(23-3)10-7-13)14-8-11-17(26-19(22)25-5)16(12-14)18(21)24-4;1-19(2,12-5-8-14(23-3)9-6-12)13-7-10-16(25-18(22)24-4)15(11-13)17(20)21;1-13-6-7-15(12-17(13)18(20)22-5)19(2,3)14-8-10-16(21-4)11-9-14/h6-12H,1-5H3;5-11H,1-4H3,(H,20,21);6-12H,1-5H3. The molecule has 15 heteroatoms. The molecule has 0 bridgehead atoms. The molecule has 6 rings (SSSR count). The average Bonchev–Trinajstić information content (AvgIpc) is 3.40. The summed E-state index contributed by atoms with van der Waals surface area (Å²) >= 11 is 0. The number of esters is 2. The van der Waals surface area contributed by atoms with Crippen LogP contribution in [-0.4, -0.2) is 85.1 Å². The summed E-state index contributed by atoms with van der Waals surface area (Å²) < 4.78 is 44.1. The first-order valence-electron chi connectivity index (χ1n) is 22.8. The molecular formula is C58H64O15. The summed E-state index contributed by atoms with van der Waals surface area (Å²) in [7, 11) is 9.89. The lowest BCUT2D eigenvalue weighted by molar-refractivity contribution is 0.0587. The zero-order chi connectivity index (χ0) is 54.3. The Morgan fingerprint density at radius 2 is 0.658 bits per heavy atom. The third kappa shape index (κ3) is 14.2. The van der Waals surface area contributed by atoms with Gasteiger partial charge in [-0.1, -0.05) is 102 Å². The molecule has 0 unspecified atom stereocenters. The van der Waals surface area contributed by atoms with E-state index in [0.29, 0.717) is 5.56 Å². The number of benzene rings is 6. The van der Waals surface area contributed by atoms with Gasteiger partial charge in [0.25, 0.3) is 0 Å². The van der Waals surface area contributed by atoms with Crippen LogP contribution < -0.4 is 23.7 Å². The van der Waals surface area contributed by atoms with Crippen LogP contribution in [0.2, 0.25) is 0 Å². The number of hydrogen-bond acceptors (Lipinski definition) is 14. The number of ether oxygens (including phenoxy) is 9. The summed E-state index contributed by atoms with van der Waals surface area (Å²) in [4.78, 5) is 58.2. The number of hydrogen-bond donors (Lipinski definition) is 1. The fraction of sp³-hybridized carbons (Fsp3) is 0.293.